The van der Waals surface area contributed by atoms with E-state index < -0.39 is 5.82 Å². The topological polar surface area (TPSA) is 78.6 Å². The first kappa shape index (κ1) is 17.4. The molecule has 0 atom stereocenters. The molecule has 1 amide bonds. The fourth-order valence-electron chi connectivity index (χ4n) is 1.92. The van der Waals surface area contributed by atoms with Crippen molar-refractivity contribution < 1.29 is 14.3 Å². The number of amides is 1. The summed E-state index contributed by atoms with van der Waals surface area (Å²) in [7, 11) is 1.96. The molecule has 118 valence electrons. The van der Waals surface area contributed by atoms with Crippen molar-refractivity contribution in [3.8, 4) is 0 Å². The molecule has 0 saturated carbocycles. The Morgan fingerprint density at radius 1 is 1.33 bits per heavy atom. The number of benzene rings is 1. The standard InChI is InChI=1S/C15H24FN3O2/c1-19(8-3-2-4-10-20)9-7-15(21)18-12-5-6-13(16)14(17)11-12/h5-6,11,20H,2-4,7-10,17H2,1H3,(H,18,21). The van der Waals surface area contributed by atoms with Gasteiger partial charge in [-0.1, -0.05) is 0 Å². The van der Waals surface area contributed by atoms with Crippen LogP contribution in [-0.4, -0.2) is 42.7 Å². The molecule has 6 heteroatoms. The number of anilines is 2. The Morgan fingerprint density at radius 2 is 2.10 bits per heavy atom. The fourth-order valence-corrected chi connectivity index (χ4v) is 1.92. The van der Waals surface area contributed by atoms with Gasteiger partial charge in [0.05, 0.1) is 5.69 Å². The van der Waals surface area contributed by atoms with Crippen LogP contribution < -0.4 is 11.1 Å². The van der Waals surface area contributed by atoms with Gasteiger partial charge in [0.15, 0.2) is 0 Å². The summed E-state index contributed by atoms with van der Waals surface area (Å²) < 4.78 is 13.0. The number of hydrogen-bond acceptors (Lipinski definition) is 4. The molecular formula is C15H24FN3O2. The van der Waals surface area contributed by atoms with Crippen molar-refractivity contribution in [2.24, 2.45) is 0 Å². The van der Waals surface area contributed by atoms with Crippen molar-refractivity contribution in [3.63, 3.8) is 0 Å². The molecule has 1 aromatic carbocycles. The highest BCUT2D eigenvalue weighted by atomic mass is 19.1. The molecular weight excluding hydrogens is 273 g/mol. The van der Waals surface area contributed by atoms with Gasteiger partial charge in [0.2, 0.25) is 5.91 Å². The van der Waals surface area contributed by atoms with Crippen LogP contribution in [0.3, 0.4) is 0 Å². The zero-order chi connectivity index (χ0) is 15.7. The minimum Gasteiger partial charge on any atom is -0.396 e. The van der Waals surface area contributed by atoms with E-state index in [9.17, 15) is 9.18 Å². The predicted octanol–water partition coefficient (Wildman–Crippen LogP) is 1.83. The van der Waals surface area contributed by atoms with E-state index in [2.05, 4.69) is 10.2 Å². The number of nitrogen functional groups attached to an aromatic ring is 1. The second-order valence-electron chi connectivity index (χ2n) is 5.12. The van der Waals surface area contributed by atoms with Gasteiger partial charge >= 0.3 is 0 Å². The van der Waals surface area contributed by atoms with E-state index in [1.807, 2.05) is 7.05 Å². The van der Waals surface area contributed by atoms with E-state index in [0.29, 0.717) is 18.7 Å². The zero-order valence-electron chi connectivity index (χ0n) is 12.4. The Hall–Kier alpha value is -1.66. The van der Waals surface area contributed by atoms with Crippen molar-refractivity contribution in [1.29, 1.82) is 0 Å². The van der Waals surface area contributed by atoms with Crippen LogP contribution >= 0.6 is 0 Å². The number of nitrogens with two attached hydrogens (primary N) is 1. The Labute approximate surface area is 124 Å². The summed E-state index contributed by atoms with van der Waals surface area (Å²) in [5.74, 6) is -0.612. The molecule has 0 fully saturated rings. The molecule has 0 aliphatic heterocycles. The fraction of sp³-hybridized carbons (Fsp3) is 0.533. The van der Waals surface area contributed by atoms with Crippen LogP contribution in [0.1, 0.15) is 25.7 Å². The lowest BCUT2D eigenvalue weighted by Crippen LogP contribution is -2.25. The molecule has 5 nitrogen and oxygen atoms in total. The lowest BCUT2D eigenvalue weighted by atomic mass is 10.2. The largest absolute Gasteiger partial charge is 0.396 e. The number of nitrogens with zero attached hydrogens (tertiary/aromatic N) is 1. The average molecular weight is 297 g/mol. The lowest BCUT2D eigenvalue weighted by Gasteiger charge is -2.16. The molecule has 0 saturated heterocycles. The van der Waals surface area contributed by atoms with Crippen LogP contribution in [0.25, 0.3) is 0 Å². The molecule has 1 aromatic rings. The highest BCUT2D eigenvalue weighted by molar-refractivity contribution is 5.91. The Balaban J connectivity index is 2.25. The highest BCUT2D eigenvalue weighted by Crippen LogP contribution is 2.16. The summed E-state index contributed by atoms with van der Waals surface area (Å²) in [5, 5.41) is 11.4. The maximum Gasteiger partial charge on any atom is 0.225 e. The van der Waals surface area contributed by atoms with E-state index in [4.69, 9.17) is 10.8 Å². The zero-order valence-corrected chi connectivity index (χ0v) is 12.4. The molecule has 0 aliphatic carbocycles. The lowest BCUT2D eigenvalue weighted by molar-refractivity contribution is -0.116. The van der Waals surface area contributed by atoms with Gasteiger partial charge in [-0.05, 0) is 51.1 Å². The van der Waals surface area contributed by atoms with Gasteiger partial charge in [0.25, 0.3) is 0 Å². The third kappa shape index (κ3) is 7.06. The number of nitrogens with one attached hydrogen (secondary N) is 1. The van der Waals surface area contributed by atoms with Gasteiger partial charge < -0.3 is 21.1 Å². The third-order valence-electron chi connectivity index (χ3n) is 3.20. The Kier molecular flexibility index (Phi) is 7.71. The number of carbonyl (C=O) groups is 1. The minimum atomic E-state index is -0.490. The molecule has 0 heterocycles. The maximum atomic E-state index is 13.0. The first-order chi connectivity index (χ1) is 10.0. The summed E-state index contributed by atoms with van der Waals surface area (Å²) >= 11 is 0. The van der Waals surface area contributed by atoms with E-state index in [-0.39, 0.29) is 18.2 Å². The molecule has 4 N–H and O–H groups in total. The van der Waals surface area contributed by atoms with Crippen LogP contribution in [0.2, 0.25) is 0 Å². The smallest absolute Gasteiger partial charge is 0.225 e. The monoisotopic (exact) mass is 297 g/mol. The highest BCUT2D eigenvalue weighted by Gasteiger charge is 2.06. The van der Waals surface area contributed by atoms with E-state index >= 15 is 0 Å². The van der Waals surface area contributed by atoms with Crippen molar-refractivity contribution in [2.45, 2.75) is 25.7 Å². The number of halogens is 1. The van der Waals surface area contributed by atoms with Gasteiger partial charge in [-0.15, -0.1) is 0 Å². The van der Waals surface area contributed by atoms with Crippen LogP contribution in [0.5, 0.6) is 0 Å². The van der Waals surface area contributed by atoms with E-state index in [1.54, 1.807) is 0 Å². The molecule has 0 bridgehead atoms. The SMILES string of the molecule is CN(CCCCCO)CCC(=O)Nc1ccc(F)c(N)c1. The van der Waals surface area contributed by atoms with Gasteiger partial charge in [0, 0.05) is 25.3 Å². The molecule has 0 aromatic heterocycles. The Morgan fingerprint density at radius 3 is 2.76 bits per heavy atom. The number of aliphatic hydroxyl groups is 1. The van der Waals surface area contributed by atoms with Gasteiger partial charge in [0.1, 0.15) is 5.82 Å². The van der Waals surface area contributed by atoms with Gasteiger partial charge in [-0.3, -0.25) is 4.79 Å². The van der Waals surface area contributed by atoms with Crippen molar-refractivity contribution in [1.82, 2.24) is 4.90 Å². The van der Waals surface area contributed by atoms with E-state index in [1.165, 1.54) is 18.2 Å². The molecule has 1 rings (SSSR count). The summed E-state index contributed by atoms with van der Waals surface area (Å²) in [4.78, 5) is 13.9. The molecule has 0 radical (unpaired) electrons. The van der Waals surface area contributed by atoms with Crippen molar-refractivity contribution >= 4 is 17.3 Å². The molecule has 21 heavy (non-hydrogen) atoms. The van der Waals surface area contributed by atoms with Crippen LogP contribution in [0.4, 0.5) is 15.8 Å². The second kappa shape index (κ2) is 9.31. The van der Waals surface area contributed by atoms with Crippen LogP contribution in [-0.2, 0) is 4.79 Å². The summed E-state index contributed by atoms with van der Waals surface area (Å²) in [5.41, 5.74) is 5.97. The Bertz CT molecular complexity index is 455. The minimum absolute atomic E-state index is 0.0220. The molecule has 0 spiro atoms. The number of aliphatic hydroxyl groups excluding tert-OH is 1. The average Bonchev–Trinajstić information content (AvgIpc) is 2.45. The van der Waals surface area contributed by atoms with Crippen LogP contribution in [0, 0.1) is 5.82 Å². The summed E-state index contributed by atoms with van der Waals surface area (Å²) in [6.45, 7) is 1.78. The van der Waals surface area contributed by atoms with Crippen molar-refractivity contribution in [3.05, 3.63) is 24.0 Å². The molecule has 0 unspecified atom stereocenters. The second-order valence-corrected chi connectivity index (χ2v) is 5.12. The number of carbonyl (C=O) groups excluding carboxylic acids is 1. The quantitative estimate of drug-likeness (QED) is 0.480. The summed E-state index contributed by atoms with van der Waals surface area (Å²) in [6, 6.07) is 4.13. The van der Waals surface area contributed by atoms with Gasteiger partial charge in [-0.25, -0.2) is 4.39 Å². The normalized spacial score (nSPS) is 10.9. The summed E-state index contributed by atoms with van der Waals surface area (Å²) in [6.07, 6.45) is 3.18. The van der Waals surface area contributed by atoms with E-state index in [0.717, 1.165) is 25.8 Å². The number of rotatable bonds is 9. The maximum absolute atomic E-state index is 13.0. The predicted molar refractivity (Wildman–Crippen MR) is 82.5 cm³/mol. The third-order valence-corrected chi connectivity index (χ3v) is 3.20. The first-order valence-electron chi connectivity index (χ1n) is 7.17. The molecule has 0 aliphatic rings. The number of hydrogen-bond donors (Lipinski definition) is 3. The van der Waals surface area contributed by atoms with Crippen LogP contribution in [0.15, 0.2) is 18.2 Å². The van der Waals surface area contributed by atoms with Gasteiger partial charge in [-0.2, -0.15) is 0 Å². The van der Waals surface area contributed by atoms with Crippen molar-refractivity contribution in [2.75, 3.05) is 37.8 Å². The first-order valence-corrected chi connectivity index (χ1v) is 7.17. The number of unbranched alkanes of at least 4 members (excludes halogenated alkanes) is 2.